The van der Waals surface area contributed by atoms with Crippen LogP contribution in [0.3, 0.4) is 0 Å². The van der Waals surface area contributed by atoms with E-state index in [1.807, 2.05) is 13.8 Å². The number of benzene rings is 1. The number of carbonyl (C=O) groups is 1. The predicted molar refractivity (Wildman–Crippen MR) is 84.5 cm³/mol. The fourth-order valence-corrected chi connectivity index (χ4v) is 2.37. The highest BCUT2D eigenvalue weighted by atomic mass is 16.3. The summed E-state index contributed by atoms with van der Waals surface area (Å²) in [5, 5.41) is 19.8. The van der Waals surface area contributed by atoms with Crippen molar-refractivity contribution in [1.82, 2.24) is 15.5 Å². The third-order valence-corrected chi connectivity index (χ3v) is 3.98. The Bertz CT molecular complexity index is 711. The van der Waals surface area contributed by atoms with E-state index in [1.54, 1.807) is 24.3 Å². The summed E-state index contributed by atoms with van der Waals surface area (Å²) in [5.41, 5.74) is 0.251. The molecule has 0 radical (unpaired) electrons. The number of aromatic nitrogens is 2. The van der Waals surface area contributed by atoms with Crippen molar-refractivity contribution in [3.05, 3.63) is 40.3 Å². The summed E-state index contributed by atoms with van der Waals surface area (Å²) in [6.07, 6.45) is 0.926. The van der Waals surface area contributed by atoms with Crippen molar-refractivity contribution in [3.63, 3.8) is 0 Å². The van der Waals surface area contributed by atoms with Crippen molar-refractivity contribution in [2.75, 3.05) is 6.61 Å². The minimum atomic E-state index is -0.272. The Labute approximate surface area is 128 Å². The molecule has 6 heteroatoms. The second-order valence-corrected chi connectivity index (χ2v) is 5.46. The van der Waals surface area contributed by atoms with Crippen LogP contribution in [0, 0.1) is 5.92 Å². The molecule has 0 bridgehead atoms. The van der Waals surface area contributed by atoms with Gasteiger partial charge in [0.25, 0.3) is 5.56 Å². The molecule has 6 nitrogen and oxygen atoms in total. The first-order chi connectivity index (χ1) is 10.6. The number of nitrogens with one attached hydrogen (secondary N) is 2. The Kier molecular flexibility index (Phi) is 5.27. The van der Waals surface area contributed by atoms with E-state index >= 15 is 0 Å². The average molecular weight is 303 g/mol. The summed E-state index contributed by atoms with van der Waals surface area (Å²) in [4.78, 5) is 23.9. The zero-order valence-electron chi connectivity index (χ0n) is 12.8. The SMILES string of the molecule is CCC(C)C(CO)NC(=O)Cc1n[nH]c(=O)c2ccccc12. The van der Waals surface area contributed by atoms with E-state index in [9.17, 15) is 14.7 Å². The molecule has 2 aromatic rings. The van der Waals surface area contributed by atoms with Crippen LogP contribution < -0.4 is 10.9 Å². The first-order valence-electron chi connectivity index (χ1n) is 7.43. The van der Waals surface area contributed by atoms with Crippen molar-refractivity contribution in [3.8, 4) is 0 Å². The van der Waals surface area contributed by atoms with E-state index in [0.29, 0.717) is 16.5 Å². The lowest BCUT2D eigenvalue weighted by Gasteiger charge is -2.22. The van der Waals surface area contributed by atoms with Gasteiger partial charge in [-0.1, -0.05) is 38.5 Å². The van der Waals surface area contributed by atoms with E-state index in [2.05, 4.69) is 15.5 Å². The molecule has 2 atom stereocenters. The monoisotopic (exact) mass is 303 g/mol. The number of nitrogens with zero attached hydrogens (tertiary/aromatic N) is 1. The van der Waals surface area contributed by atoms with Crippen molar-refractivity contribution < 1.29 is 9.90 Å². The highest BCUT2D eigenvalue weighted by Crippen LogP contribution is 2.13. The largest absolute Gasteiger partial charge is 0.394 e. The number of amides is 1. The van der Waals surface area contributed by atoms with Gasteiger partial charge in [0, 0.05) is 5.39 Å². The second kappa shape index (κ2) is 7.17. The zero-order chi connectivity index (χ0) is 16.1. The molecule has 2 rings (SSSR count). The molecule has 0 fully saturated rings. The summed E-state index contributed by atoms with van der Waals surface area (Å²) >= 11 is 0. The van der Waals surface area contributed by atoms with Crippen molar-refractivity contribution in [1.29, 1.82) is 0 Å². The zero-order valence-corrected chi connectivity index (χ0v) is 12.8. The van der Waals surface area contributed by atoms with Gasteiger partial charge < -0.3 is 10.4 Å². The summed E-state index contributed by atoms with van der Waals surface area (Å²) in [6.45, 7) is 3.89. The molecule has 0 aliphatic carbocycles. The lowest BCUT2D eigenvalue weighted by molar-refractivity contribution is -0.121. The van der Waals surface area contributed by atoms with E-state index in [-0.39, 0.29) is 36.5 Å². The molecule has 22 heavy (non-hydrogen) atoms. The Balaban J connectivity index is 2.19. The minimum Gasteiger partial charge on any atom is -0.394 e. The highest BCUT2D eigenvalue weighted by molar-refractivity contribution is 5.88. The summed E-state index contributed by atoms with van der Waals surface area (Å²) in [7, 11) is 0. The van der Waals surface area contributed by atoms with Crippen LogP contribution in [0.5, 0.6) is 0 Å². The highest BCUT2D eigenvalue weighted by Gasteiger charge is 2.18. The number of hydrogen-bond acceptors (Lipinski definition) is 4. The van der Waals surface area contributed by atoms with E-state index in [0.717, 1.165) is 6.42 Å². The number of rotatable bonds is 6. The number of aliphatic hydroxyl groups excluding tert-OH is 1. The first-order valence-corrected chi connectivity index (χ1v) is 7.43. The van der Waals surface area contributed by atoms with Gasteiger partial charge in [0.2, 0.25) is 5.91 Å². The number of fused-ring (bicyclic) bond motifs is 1. The van der Waals surface area contributed by atoms with Crippen LogP contribution in [-0.2, 0) is 11.2 Å². The molecule has 2 unspecified atom stereocenters. The standard InChI is InChI=1S/C16H21N3O3/c1-3-10(2)14(9-20)17-15(21)8-13-11-6-4-5-7-12(11)16(22)19-18-13/h4-7,10,14,20H,3,8-9H2,1-2H3,(H,17,21)(H,19,22). The minimum absolute atomic E-state index is 0.0597. The quantitative estimate of drug-likeness (QED) is 0.741. The number of hydrogen-bond donors (Lipinski definition) is 3. The number of carbonyl (C=O) groups excluding carboxylic acids is 1. The second-order valence-electron chi connectivity index (χ2n) is 5.46. The lowest BCUT2D eigenvalue weighted by Crippen LogP contribution is -2.42. The Morgan fingerprint density at radius 2 is 2.05 bits per heavy atom. The van der Waals surface area contributed by atoms with Crippen LogP contribution in [-0.4, -0.2) is 33.9 Å². The van der Waals surface area contributed by atoms with Crippen LogP contribution in [0.4, 0.5) is 0 Å². The summed E-state index contributed by atoms with van der Waals surface area (Å²) in [6, 6.07) is 6.78. The molecule has 118 valence electrons. The van der Waals surface area contributed by atoms with Crippen LogP contribution in [0.2, 0.25) is 0 Å². The molecule has 1 aromatic carbocycles. The molecule has 0 saturated carbocycles. The van der Waals surface area contributed by atoms with E-state index in [1.165, 1.54) is 0 Å². The van der Waals surface area contributed by atoms with Crippen molar-refractivity contribution in [2.24, 2.45) is 5.92 Å². The van der Waals surface area contributed by atoms with Crippen LogP contribution >= 0.6 is 0 Å². The molecule has 0 aliphatic heterocycles. The molecule has 3 N–H and O–H groups in total. The molecule has 1 heterocycles. The van der Waals surface area contributed by atoms with Gasteiger partial charge in [-0.05, 0) is 12.0 Å². The molecule has 1 aromatic heterocycles. The smallest absolute Gasteiger partial charge is 0.272 e. The van der Waals surface area contributed by atoms with Gasteiger partial charge in [0.05, 0.1) is 30.1 Å². The van der Waals surface area contributed by atoms with Crippen LogP contribution in [0.15, 0.2) is 29.1 Å². The van der Waals surface area contributed by atoms with E-state index < -0.39 is 0 Å². The molecule has 0 spiro atoms. The third-order valence-electron chi connectivity index (χ3n) is 3.98. The Hall–Kier alpha value is -2.21. The van der Waals surface area contributed by atoms with E-state index in [4.69, 9.17) is 0 Å². The molecular formula is C16H21N3O3. The molecule has 0 saturated heterocycles. The fraction of sp³-hybridized carbons (Fsp3) is 0.438. The normalized spacial score (nSPS) is 13.8. The number of H-pyrrole nitrogens is 1. The van der Waals surface area contributed by atoms with Gasteiger partial charge in [-0.3, -0.25) is 9.59 Å². The van der Waals surface area contributed by atoms with Gasteiger partial charge in [-0.15, -0.1) is 0 Å². The fourth-order valence-electron chi connectivity index (χ4n) is 2.37. The number of aliphatic hydroxyl groups is 1. The molecular weight excluding hydrogens is 282 g/mol. The van der Waals surface area contributed by atoms with Gasteiger partial charge in [-0.25, -0.2) is 5.10 Å². The summed E-state index contributed by atoms with van der Waals surface area (Å²) in [5.74, 6) is -0.0294. The topological polar surface area (TPSA) is 95.1 Å². The maximum absolute atomic E-state index is 12.2. The van der Waals surface area contributed by atoms with Gasteiger partial charge in [0.15, 0.2) is 0 Å². The maximum Gasteiger partial charge on any atom is 0.272 e. The van der Waals surface area contributed by atoms with Crippen molar-refractivity contribution >= 4 is 16.7 Å². The maximum atomic E-state index is 12.2. The summed E-state index contributed by atoms with van der Waals surface area (Å²) < 4.78 is 0. The van der Waals surface area contributed by atoms with Gasteiger partial charge >= 0.3 is 0 Å². The molecule has 1 amide bonds. The predicted octanol–water partition coefficient (Wildman–Crippen LogP) is 0.989. The van der Waals surface area contributed by atoms with Gasteiger partial charge in [-0.2, -0.15) is 5.10 Å². The van der Waals surface area contributed by atoms with Crippen LogP contribution in [0.25, 0.3) is 10.8 Å². The average Bonchev–Trinajstić information content (AvgIpc) is 2.54. The van der Waals surface area contributed by atoms with Gasteiger partial charge in [0.1, 0.15) is 0 Å². The molecule has 0 aliphatic rings. The Morgan fingerprint density at radius 3 is 2.68 bits per heavy atom. The Morgan fingerprint density at radius 1 is 1.36 bits per heavy atom. The first kappa shape index (κ1) is 16.2. The number of aromatic amines is 1. The third kappa shape index (κ3) is 3.51. The lowest BCUT2D eigenvalue weighted by atomic mass is 9.99. The van der Waals surface area contributed by atoms with Crippen LogP contribution in [0.1, 0.15) is 26.0 Å². The van der Waals surface area contributed by atoms with Crippen molar-refractivity contribution in [2.45, 2.75) is 32.7 Å².